The van der Waals surface area contributed by atoms with Crippen molar-refractivity contribution in [2.24, 2.45) is 5.73 Å². The van der Waals surface area contributed by atoms with Gasteiger partial charge in [-0.3, -0.25) is 4.79 Å². The minimum atomic E-state index is -0.961. The van der Waals surface area contributed by atoms with Gasteiger partial charge < -0.3 is 15.9 Å². The molecular formula is C9H20ClNO3S. The van der Waals surface area contributed by atoms with Gasteiger partial charge >= 0.3 is 5.97 Å². The van der Waals surface area contributed by atoms with Crippen LogP contribution >= 0.6 is 24.2 Å². The van der Waals surface area contributed by atoms with Crippen molar-refractivity contribution >= 4 is 30.1 Å². The van der Waals surface area contributed by atoms with Crippen LogP contribution in [0.2, 0.25) is 0 Å². The van der Waals surface area contributed by atoms with Gasteiger partial charge in [-0.2, -0.15) is 11.8 Å². The quantitative estimate of drug-likeness (QED) is 0.607. The van der Waals surface area contributed by atoms with Gasteiger partial charge in [-0.25, -0.2) is 0 Å². The first kappa shape index (κ1) is 17.4. The monoisotopic (exact) mass is 257 g/mol. The van der Waals surface area contributed by atoms with Crippen molar-refractivity contribution in [1.82, 2.24) is 0 Å². The number of aliphatic hydroxyl groups excluding tert-OH is 1. The Morgan fingerprint density at radius 2 is 2.07 bits per heavy atom. The average molecular weight is 258 g/mol. The van der Waals surface area contributed by atoms with E-state index in [9.17, 15) is 4.79 Å². The molecule has 0 radical (unpaired) electrons. The number of carboxylic acid groups (broad SMARTS) is 1. The molecule has 0 saturated heterocycles. The van der Waals surface area contributed by atoms with E-state index in [1.807, 2.05) is 0 Å². The summed E-state index contributed by atoms with van der Waals surface area (Å²) in [4.78, 5) is 10.4. The molecule has 1 unspecified atom stereocenters. The van der Waals surface area contributed by atoms with E-state index in [2.05, 4.69) is 6.92 Å². The van der Waals surface area contributed by atoms with Gasteiger partial charge in [0.05, 0.1) is 0 Å². The van der Waals surface area contributed by atoms with Crippen molar-refractivity contribution in [3.8, 4) is 0 Å². The van der Waals surface area contributed by atoms with Crippen LogP contribution in [-0.4, -0.2) is 39.8 Å². The fraction of sp³-hybridized carbons (Fsp3) is 0.889. The fourth-order valence-electron chi connectivity index (χ4n) is 1.09. The van der Waals surface area contributed by atoms with E-state index in [1.165, 1.54) is 0 Å². The summed E-state index contributed by atoms with van der Waals surface area (Å²) >= 11 is 1.54. The highest BCUT2D eigenvalue weighted by Crippen LogP contribution is 2.20. The van der Waals surface area contributed by atoms with Gasteiger partial charge in [-0.05, 0) is 12.8 Å². The molecule has 0 aromatic heterocycles. The molecule has 0 saturated carbocycles. The number of carbonyl (C=O) groups is 1. The standard InChI is InChI=1S/C9H19NO3S.ClH/c1-2-3-7(4-5-11)14-6-8(10)9(12)13;/h7-8,11H,2-6,10H2,1H3,(H,12,13);1H/t7?,8-;/m0./s1. The van der Waals surface area contributed by atoms with Crippen LogP contribution < -0.4 is 5.73 Å². The van der Waals surface area contributed by atoms with Crippen molar-refractivity contribution in [2.75, 3.05) is 12.4 Å². The van der Waals surface area contributed by atoms with Gasteiger partial charge in [0.15, 0.2) is 0 Å². The second-order valence-corrected chi connectivity index (χ2v) is 4.53. The van der Waals surface area contributed by atoms with E-state index < -0.39 is 12.0 Å². The molecule has 0 aliphatic heterocycles. The van der Waals surface area contributed by atoms with Gasteiger partial charge in [0.2, 0.25) is 0 Å². The number of aliphatic carboxylic acids is 1. The second kappa shape index (κ2) is 10.5. The third kappa shape index (κ3) is 8.99. The molecule has 2 atom stereocenters. The summed E-state index contributed by atoms with van der Waals surface area (Å²) in [6.07, 6.45) is 2.75. The molecule has 0 spiro atoms. The molecule has 92 valence electrons. The average Bonchev–Trinajstić information content (AvgIpc) is 2.14. The van der Waals surface area contributed by atoms with Gasteiger partial charge in [0, 0.05) is 17.6 Å². The van der Waals surface area contributed by atoms with E-state index >= 15 is 0 Å². The summed E-state index contributed by atoms with van der Waals surface area (Å²) in [7, 11) is 0. The lowest BCUT2D eigenvalue weighted by Crippen LogP contribution is -2.33. The Balaban J connectivity index is 0. The maximum atomic E-state index is 10.4. The molecule has 0 rings (SSSR count). The summed E-state index contributed by atoms with van der Waals surface area (Å²) in [5.41, 5.74) is 5.37. The lowest BCUT2D eigenvalue weighted by atomic mass is 10.2. The molecule has 0 heterocycles. The number of nitrogens with two attached hydrogens (primary N) is 1. The minimum Gasteiger partial charge on any atom is -0.480 e. The van der Waals surface area contributed by atoms with Crippen LogP contribution in [0.4, 0.5) is 0 Å². The molecule has 0 aliphatic rings. The van der Waals surface area contributed by atoms with Gasteiger partial charge in [0.1, 0.15) is 6.04 Å². The van der Waals surface area contributed by atoms with Crippen molar-refractivity contribution in [1.29, 1.82) is 0 Å². The predicted octanol–water partition coefficient (Wildman–Crippen LogP) is 1.10. The first-order chi connectivity index (χ1) is 6.61. The molecule has 0 aliphatic carbocycles. The Morgan fingerprint density at radius 3 is 2.47 bits per heavy atom. The number of halogens is 1. The lowest BCUT2D eigenvalue weighted by Gasteiger charge is -2.15. The Kier molecular flexibility index (Phi) is 12.2. The number of hydrogen-bond donors (Lipinski definition) is 3. The highest BCUT2D eigenvalue weighted by Gasteiger charge is 2.15. The summed E-state index contributed by atoms with van der Waals surface area (Å²) in [6.45, 7) is 2.22. The molecule has 0 fully saturated rings. The van der Waals surface area contributed by atoms with Crippen LogP contribution in [0, 0.1) is 0 Å². The van der Waals surface area contributed by atoms with Crippen LogP contribution in [0.1, 0.15) is 26.2 Å². The summed E-state index contributed by atoms with van der Waals surface area (Å²) in [5, 5.41) is 17.7. The second-order valence-electron chi connectivity index (χ2n) is 3.20. The van der Waals surface area contributed by atoms with Crippen molar-refractivity contribution < 1.29 is 15.0 Å². The smallest absolute Gasteiger partial charge is 0.321 e. The van der Waals surface area contributed by atoms with Gasteiger partial charge in [-0.1, -0.05) is 13.3 Å². The first-order valence-electron chi connectivity index (χ1n) is 4.82. The number of thioether (sulfide) groups is 1. The topological polar surface area (TPSA) is 83.5 Å². The number of carboxylic acids is 1. The molecule has 0 aromatic rings. The number of rotatable bonds is 8. The zero-order valence-electron chi connectivity index (χ0n) is 8.89. The Morgan fingerprint density at radius 1 is 1.47 bits per heavy atom. The van der Waals surface area contributed by atoms with Crippen LogP contribution in [-0.2, 0) is 4.79 Å². The molecule has 6 heteroatoms. The Hall–Kier alpha value is 0.0300. The lowest BCUT2D eigenvalue weighted by molar-refractivity contribution is -0.137. The largest absolute Gasteiger partial charge is 0.480 e. The summed E-state index contributed by atoms with van der Waals surface area (Å²) < 4.78 is 0. The van der Waals surface area contributed by atoms with Crippen molar-refractivity contribution in [3.05, 3.63) is 0 Å². The van der Waals surface area contributed by atoms with E-state index in [-0.39, 0.29) is 19.0 Å². The Bertz CT molecular complexity index is 165. The Labute approximate surface area is 101 Å². The van der Waals surface area contributed by atoms with Crippen molar-refractivity contribution in [2.45, 2.75) is 37.5 Å². The normalized spacial score (nSPS) is 14.1. The third-order valence-corrected chi connectivity index (χ3v) is 3.38. The molecule has 4 nitrogen and oxygen atoms in total. The zero-order valence-corrected chi connectivity index (χ0v) is 10.5. The zero-order chi connectivity index (χ0) is 11.0. The minimum absolute atomic E-state index is 0. The maximum Gasteiger partial charge on any atom is 0.321 e. The van der Waals surface area contributed by atoms with Gasteiger partial charge in [0.25, 0.3) is 0 Å². The number of hydrogen-bond acceptors (Lipinski definition) is 4. The molecular weight excluding hydrogens is 238 g/mol. The van der Waals surface area contributed by atoms with Crippen molar-refractivity contribution in [3.63, 3.8) is 0 Å². The summed E-state index contributed by atoms with van der Waals surface area (Å²) in [5.74, 6) is -0.545. The van der Waals surface area contributed by atoms with E-state index in [4.69, 9.17) is 15.9 Å². The molecule has 0 aromatic carbocycles. The molecule has 0 amide bonds. The van der Waals surface area contributed by atoms with Crippen LogP contribution in [0.5, 0.6) is 0 Å². The van der Waals surface area contributed by atoms with Crippen LogP contribution in [0.25, 0.3) is 0 Å². The molecule has 0 bridgehead atoms. The fourth-order valence-corrected chi connectivity index (χ4v) is 2.38. The van der Waals surface area contributed by atoms with Crippen LogP contribution in [0.15, 0.2) is 0 Å². The molecule has 4 N–H and O–H groups in total. The van der Waals surface area contributed by atoms with E-state index in [0.717, 1.165) is 12.8 Å². The van der Waals surface area contributed by atoms with Crippen LogP contribution in [0.3, 0.4) is 0 Å². The van der Waals surface area contributed by atoms with E-state index in [1.54, 1.807) is 11.8 Å². The first-order valence-corrected chi connectivity index (χ1v) is 5.87. The summed E-state index contributed by atoms with van der Waals surface area (Å²) in [6, 6.07) is -0.793. The number of aliphatic hydroxyl groups is 1. The third-order valence-electron chi connectivity index (χ3n) is 1.89. The predicted molar refractivity (Wildman–Crippen MR) is 65.7 cm³/mol. The van der Waals surface area contributed by atoms with Gasteiger partial charge in [-0.15, -0.1) is 12.4 Å². The SMILES string of the molecule is CCCC(CCO)SC[C@H](N)C(=O)O.Cl. The maximum absolute atomic E-state index is 10.4. The molecule has 15 heavy (non-hydrogen) atoms. The highest BCUT2D eigenvalue weighted by molar-refractivity contribution is 7.99. The highest BCUT2D eigenvalue weighted by atomic mass is 35.5. The van der Waals surface area contributed by atoms with E-state index in [0.29, 0.717) is 17.4 Å².